The van der Waals surface area contributed by atoms with E-state index in [1.807, 2.05) is 12.1 Å². The van der Waals surface area contributed by atoms with Crippen molar-refractivity contribution in [2.75, 3.05) is 13.7 Å². The van der Waals surface area contributed by atoms with Crippen LogP contribution in [0.4, 0.5) is 0 Å². The number of pyridine rings is 1. The highest BCUT2D eigenvalue weighted by molar-refractivity contribution is 5.50. The van der Waals surface area contributed by atoms with E-state index in [1.165, 1.54) is 0 Å². The van der Waals surface area contributed by atoms with E-state index in [0.29, 0.717) is 5.88 Å². The first kappa shape index (κ1) is 9.96. The van der Waals surface area contributed by atoms with E-state index < -0.39 is 0 Å². The van der Waals surface area contributed by atoms with E-state index in [4.69, 9.17) is 4.74 Å². The van der Waals surface area contributed by atoms with Crippen LogP contribution in [-0.2, 0) is 4.79 Å². The molecule has 1 aliphatic rings. The Balaban J connectivity index is 2.31. The van der Waals surface area contributed by atoms with Crippen molar-refractivity contribution in [3.63, 3.8) is 0 Å². The maximum atomic E-state index is 10.9. The Morgan fingerprint density at radius 3 is 3.27 bits per heavy atom. The van der Waals surface area contributed by atoms with E-state index in [1.54, 1.807) is 18.2 Å². The third-order valence-corrected chi connectivity index (χ3v) is 2.78. The molecule has 2 heterocycles. The average Bonchev–Trinajstić information content (AvgIpc) is 2.76. The number of hydrogen-bond donors (Lipinski definition) is 0. The van der Waals surface area contributed by atoms with Gasteiger partial charge < -0.3 is 9.64 Å². The van der Waals surface area contributed by atoms with Crippen LogP contribution in [0.2, 0.25) is 0 Å². The summed E-state index contributed by atoms with van der Waals surface area (Å²) in [6.07, 6.45) is 4.63. The topological polar surface area (TPSA) is 42.4 Å². The lowest BCUT2D eigenvalue weighted by molar-refractivity contribution is -0.118. The molecule has 0 bridgehead atoms. The minimum atomic E-state index is 0.131. The molecule has 0 saturated carbocycles. The lowest BCUT2D eigenvalue weighted by atomic mass is 10.1. The zero-order valence-electron chi connectivity index (χ0n) is 8.72. The maximum absolute atomic E-state index is 10.9. The van der Waals surface area contributed by atoms with Gasteiger partial charge in [0.25, 0.3) is 0 Å². The third-order valence-electron chi connectivity index (χ3n) is 2.78. The van der Waals surface area contributed by atoms with Crippen LogP contribution in [0.25, 0.3) is 0 Å². The Labute approximate surface area is 88.9 Å². The van der Waals surface area contributed by atoms with Gasteiger partial charge >= 0.3 is 0 Å². The van der Waals surface area contributed by atoms with Crippen LogP contribution in [0.3, 0.4) is 0 Å². The minimum Gasteiger partial charge on any atom is -0.481 e. The second kappa shape index (κ2) is 4.29. The molecule has 2 rings (SSSR count). The molecular formula is C11H14N2O2. The molecule has 1 aromatic rings. The summed E-state index contributed by atoms with van der Waals surface area (Å²) in [5, 5.41) is 0. The Kier molecular flexibility index (Phi) is 2.85. The molecule has 1 saturated heterocycles. The first-order valence-corrected chi connectivity index (χ1v) is 5.06. The van der Waals surface area contributed by atoms with Gasteiger partial charge in [0.2, 0.25) is 12.3 Å². The van der Waals surface area contributed by atoms with Crippen LogP contribution >= 0.6 is 0 Å². The van der Waals surface area contributed by atoms with Gasteiger partial charge in [-0.3, -0.25) is 4.79 Å². The number of likely N-dealkylation sites (tertiary alicyclic amines) is 1. The molecular weight excluding hydrogens is 192 g/mol. The van der Waals surface area contributed by atoms with E-state index in [0.717, 1.165) is 31.4 Å². The normalized spacial score (nSPS) is 20.3. The zero-order valence-corrected chi connectivity index (χ0v) is 8.72. The number of carbonyl (C=O) groups is 1. The van der Waals surface area contributed by atoms with Gasteiger partial charge in [-0.25, -0.2) is 4.98 Å². The van der Waals surface area contributed by atoms with Crippen molar-refractivity contribution < 1.29 is 9.53 Å². The van der Waals surface area contributed by atoms with E-state index in [2.05, 4.69) is 4.98 Å². The number of aromatic nitrogens is 1. The monoisotopic (exact) mass is 206 g/mol. The van der Waals surface area contributed by atoms with Crippen LogP contribution in [0, 0.1) is 0 Å². The molecule has 1 amide bonds. The Hall–Kier alpha value is -1.58. The number of amides is 1. The Bertz CT molecular complexity index is 354. The molecule has 0 unspecified atom stereocenters. The second-order valence-corrected chi connectivity index (χ2v) is 3.60. The Morgan fingerprint density at radius 2 is 2.53 bits per heavy atom. The highest BCUT2D eigenvalue weighted by Gasteiger charge is 2.27. The molecule has 0 N–H and O–H groups in total. The van der Waals surface area contributed by atoms with Crippen LogP contribution in [0.5, 0.6) is 5.88 Å². The van der Waals surface area contributed by atoms with Crippen molar-refractivity contribution in [1.29, 1.82) is 0 Å². The number of carbonyl (C=O) groups excluding carboxylic acids is 1. The molecule has 1 atom stereocenters. The van der Waals surface area contributed by atoms with Gasteiger partial charge in [0.05, 0.1) is 13.2 Å². The summed E-state index contributed by atoms with van der Waals surface area (Å²) < 4.78 is 5.20. The molecule has 80 valence electrons. The molecule has 0 radical (unpaired) electrons. The first-order chi connectivity index (χ1) is 7.36. The lowest BCUT2D eigenvalue weighted by Gasteiger charge is -2.21. The number of ether oxygens (including phenoxy) is 1. The summed E-state index contributed by atoms with van der Waals surface area (Å²) >= 11 is 0. The molecule has 0 aromatic carbocycles. The zero-order chi connectivity index (χ0) is 10.7. The summed E-state index contributed by atoms with van der Waals surface area (Å²) in [5.74, 6) is 0.622. The third kappa shape index (κ3) is 1.79. The molecule has 1 aromatic heterocycles. The van der Waals surface area contributed by atoms with Crippen molar-refractivity contribution in [2.45, 2.75) is 18.9 Å². The average molecular weight is 206 g/mol. The number of rotatable bonds is 3. The fourth-order valence-corrected chi connectivity index (χ4v) is 2.08. The smallest absolute Gasteiger partial charge is 0.218 e. The lowest BCUT2D eigenvalue weighted by Crippen LogP contribution is -2.21. The predicted octanol–water partition coefficient (Wildman–Crippen LogP) is 1.38. The molecule has 0 spiro atoms. The van der Waals surface area contributed by atoms with Gasteiger partial charge in [-0.15, -0.1) is 0 Å². The highest BCUT2D eigenvalue weighted by Crippen LogP contribution is 2.34. The SMILES string of the molecule is COc1ncccc1[C@@H]1CCCN1C=O. The van der Waals surface area contributed by atoms with Gasteiger partial charge in [0.15, 0.2) is 0 Å². The number of nitrogens with zero attached hydrogens (tertiary/aromatic N) is 2. The molecule has 15 heavy (non-hydrogen) atoms. The summed E-state index contributed by atoms with van der Waals surface area (Å²) in [6.45, 7) is 0.826. The Morgan fingerprint density at radius 1 is 1.67 bits per heavy atom. The summed E-state index contributed by atoms with van der Waals surface area (Å²) in [5.41, 5.74) is 1.00. The van der Waals surface area contributed by atoms with E-state index >= 15 is 0 Å². The van der Waals surface area contributed by atoms with Crippen molar-refractivity contribution in [2.24, 2.45) is 0 Å². The fourth-order valence-electron chi connectivity index (χ4n) is 2.08. The van der Waals surface area contributed by atoms with Gasteiger partial charge in [0.1, 0.15) is 0 Å². The molecule has 1 aliphatic heterocycles. The molecule has 4 nitrogen and oxygen atoms in total. The standard InChI is InChI=1S/C11H14N2O2/c1-15-11-9(4-2-6-12-11)10-5-3-7-13(10)8-14/h2,4,6,8,10H,3,5,7H2,1H3/t10-/m0/s1. The minimum absolute atomic E-state index is 0.131. The van der Waals surface area contributed by atoms with Gasteiger partial charge in [-0.05, 0) is 18.9 Å². The van der Waals surface area contributed by atoms with E-state index in [-0.39, 0.29) is 6.04 Å². The van der Waals surface area contributed by atoms with E-state index in [9.17, 15) is 4.79 Å². The largest absolute Gasteiger partial charge is 0.481 e. The van der Waals surface area contributed by atoms with Crippen LogP contribution < -0.4 is 4.74 Å². The van der Waals surface area contributed by atoms with Crippen molar-refractivity contribution in [1.82, 2.24) is 9.88 Å². The summed E-state index contributed by atoms with van der Waals surface area (Å²) in [6, 6.07) is 3.98. The predicted molar refractivity (Wildman–Crippen MR) is 55.5 cm³/mol. The van der Waals surface area contributed by atoms with Crippen molar-refractivity contribution in [3.05, 3.63) is 23.9 Å². The quantitative estimate of drug-likeness (QED) is 0.702. The highest BCUT2D eigenvalue weighted by atomic mass is 16.5. The summed E-state index contributed by atoms with van der Waals surface area (Å²) in [4.78, 5) is 16.8. The molecule has 0 aliphatic carbocycles. The maximum Gasteiger partial charge on any atom is 0.218 e. The summed E-state index contributed by atoms with van der Waals surface area (Å²) in [7, 11) is 1.60. The molecule has 4 heteroatoms. The van der Waals surface area contributed by atoms with Gasteiger partial charge in [-0.1, -0.05) is 6.07 Å². The fraction of sp³-hybridized carbons (Fsp3) is 0.455. The van der Waals surface area contributed by atoms with Crippen LogP contribution in [0.1, 0.15) is 24.4 Å². The van der Waals surface area contributed by atoms with Crippen LogP contribution in [0.15, 0.2) is 18.3 Å². The number of hydrogen-bond acceptors (Lipinski definition) is 3. The van der Waals surface area contributed by atoms with Gasteiger partial charge in [-0.2, -0.15) is 0 Å². The molecule has 1 fully saturated rings. The second-order valence-electron chi connectivity index (χ2n) is 3.60. The van der Waals surface area contributed by atoms with Gasteiger partial charge in [0, 0.05) is 18.3 Å². The van der Waals surface area contributed by atoms with Crippen molar-refractivity contribution in [3.8, 4) is 5.88 Å². The van der Waals surface area contributed by atoms with Crippen LogP contribution in [-0.4, -0.2) is 29.9 Å². The van der Waals surface area contributed by atoms with Crippen molar-refractivity contribution >= 4 is 6.41 Å². The number of methoxy groups -OCH3 is 1. The first-order valence-electron chi connectivity index (χ1n) is 5.06.